The number of esters is 1. The lowest BCUT2D eigenvalue weighted by Crippen LogP contribution is -2.24. The van der Waals surface area contributed by atoms with Gasteiger partial charge in [0.05, 0.1) is 11.0 Å². The lowest BCUT2D eigenvalue weighted by Gasteiger charge is -2.22. The van der Waals surface area contributed by atoms with E-state index in [4.69, 9.17) is 14.2 Å². The highest BCUT2D eigenvalue weighted by molar-refractivity contribution is 5.94. The molecule has 0 saturated carbocycles. The van der Waals surface area contributed by atoms with Gasteiger partial charge in [-0.2, -0.15) is 0 Å². The molecule has 0 N–H and O–H groups in total. The molecule has 0 bridgehead atoms. The van der Waals surface area contributed by atoms with E-state index in [9.17, 15) is 14.9 Å². The molecule has 7 heteroatoms. The molecule has 0 aromatic heterocycles. The third-order valence-electron chi connectivity index (χ3n) is 2.61. The van der Waals surface area contributed by atoms with Crippen LogP contribution in [0.1, 0.15) is 45.0 Å². The van der Waals surface area contributed by atoms with Crippen LogP contribution in [0.4, 0.5) is 5.69 Å². The summed E-state index contributed by atoms with van der Waals surface area (Å²) in [6.07, 6.45) is 1.13. The summed E-state index contributed by atoms with van der Waals surface area (Å²) in [4.78, 5) is 23.1. The molecule has 1 aromatic carbocycles. The molecule has 1 aromatic rings. The van der Waals surface area contributed by atoms with E-state index in [1.807, 2.05) is 0 Å². The van der Waals surface area contributed by atoms with Crippen LogP contribution < -0.4 is 9.47 Å². The fourth-order valence-corrected chi connectivity index (χ4v) is 1.83. The Bertz CT molecular complexity index is 631. The number of hydrogen-bond acceptors (Lipinski definition) is 6. The number of rotatable bonds is 7. The zero-order valence-electron chi connectivity index (χ0n) is 14.6. The van der Waals surface area contributed by atoms with Crippen molar-refractivity contribution in [2.24, 2.45) is 0 Å². The monoisotopic (exact) mass is 337 g/mol. The SMILES string of the molecule is C=CCOc1c(C(=O)OC(C)(C)C)ccc([N+](=O)[O-])c1OC(C)C. The molecule has 0 fully saturated rings. The fraction of sp³-hybridized carbons (Fsp3) is 0.471. The minimum absolute atomic E-state index is 0.0213. The lowest BCUT2D eigenvalue weighted by atomic mass is 10.1. The highest BCUT2D eigenvalue weighted by Crippen LogP contribution is 2.41. The summed E-state index contributed by atoms with van der Waals surface area (Å²) >= 11 is 0. The van der Waals surface area contributed by atoms with Gasteiger partial charge in [0, 0.05) is 6.07 Å². The second-order valence-corrected chi connectivity index (χ2v) is 6.32. The van der Waals surface area contributed by atoms with Gasteiger partial charge in [-0.1, -0.05) is 12.7 Å². The van der Waals surface area contributed by atoms with Gasteiger partial charge >= 0.3 is 11.7 Å². The van der Waals surface area contributed by atoms with E-state index in [2.05, 4.69) is 6.58 Å². The lowest BCUT2D eigenvalue weighted by molar-refractivity contribution is -0.386. The molecular weight excluding hydrogens is 314 g/mol. The molecule has 0 amide bonds. The Morgan fingerprint density at radius 2 is 1.96 bits per heavy atom. The summed E-state index contributed by atoms with van der Waals surface area (Å²) in [6.45, 7) is 12.2. The molecule has 0 spiro atoms. The number of ether oxygens (including phenoxy) is 3. The second-order valence-electron chi connectivity index (χ2n) is 6.32. The molecule has 0 aliphatic rings. The van der Waals surface area contributed by atoms with E-state index in [1.165, 1.54) is 18.2 Å². The molecule has 24 heavy (non-hydrogen) atoms. The molecule has 0 aliphatic heterocycles. The second kappa shape index (κ2) is 7.81. The van der Waals surface area contributed by atoms with Gasteiger partial charge in [-0.3, -0.25) is 10.1 Å². The van der Waals surface area contributed by atoms with Gasteiger partial charge in [-0.15, -0.1) is 0 Å². The van der Waals surface area contributed by atoms with Crippen molar-refractivity contribution in [1.82, 2.24) is 0 Å². The zero-order chi connectivity index (χ0) is 18.5. The number of hydrogen-bond donors (Lipinski definition) is 0. The Balaban J connectivity index is 3.49. The third-order valence-corrected chi connectivity index (χ3v) is 2.61. The van der Waals surface area contributed by atoms with Gasteiger partial charge in [0.25, 0.3) is 0 Å². The first kappa shape index (κ1) is 19.5. The largest absolute Gasteiger partial charge is 0.484 e. The summed E-state index contributed by atoms with van der Waals surface area (Å²) in [5, 5.41) is 11.3. The fourth-order valence-electron chi connectivity index (χ4n) is 1.83. The first-order chi connectivity index (χ1) is 11.1. The quantitative estimate of drug-likeness (QED) is 0.324. The van der Waals surface area contributed by atoms with E-state index in [-0.39, 0.29) is 35.5 Å². The minimum atomic E-state index is -0.715. The minimum Gasteiger partial charge on any atom is -0.484 e. The van der Waals surface area contributed by atoms with Crippen LogP contribution in [0.25, 0.3) is 0 Å². The molecule has 0 radical (unpaired) electrons. The molecule has 132 valence electrons. The van der Waals surface area contributed by atoms with Crippen LogP contribution in [0.15, 0.2) is 24.8 Å². The van der Waals surface area contributed by atoms with Gasteiger partial charge < -0.3 is 14.2 Å². The van der Waals surface area contributed by atoms with Crippen molar-refractivity contribution in [3.63, 3.8) is 0 Å². The Hall–Kier alpha value is -2.57. The van der Waals surface area contributed by atoms with Crippen molar-refractivity contribution in [2.75, 3.05) is 6.61 Å². The van der Waals surface area contributed by atoms with E-state index >= 15 is 0 Å². The summed E-state index contributed by atoms with van der Waals surface area (Å²) in [5.74, 6) is -0.766. The number of nitro benzene ring substituents is 1. The van der Waals surface area contributed by atoms with Gasteiger partial charge in [0.1, 0.15) is 17.8 Å². The molecule has 0 unspecified atom stereocenters. The third kappa shape index (κ3) is 5.26. The first-order valence-electron chi connectivity index (χ1n) is 7.52. The molecule has 1 rings (SSSR count). The van der Waals surface area contributed by atoms with Crippen LogP contribution in [-0.2, 0) is 4.74 Å². The summed E-state index contributed by atoms with van der Waals surface area (Å²) < 4.78 is 16.4. The van der Waals surface area contributed by atoms with E-state index in [0.29, 0.717) is 0 Å². The van der Waals surface area contributed by atoms with E-state index in [0.717, 1.165) is 0 Å². The molecule has 0 atom stereocenters. The van der Waals surface area contributed by atoms with Gasteiger partial charge in [0.15, 0.2) is 5.75 Å². The average molecular weight is 337 g/mol. The summed E-state index contributed by atoms with van der Waals surface area (Å²) in [7, 11) is 0. The highest BCUT2D eigenvalue weighted by Gasteiger charge is 2.30. The number of benzene rings is 1. The number of carbonyl (C=O) groups is 1. The summed E-state index contributed by atoms with van der Waals surface area (Å²) in [6, 6.07) is 2.51. The Labute approximate surface area is 141 Å². The summed E-state index contributed by atoms with van der Waals surface area (Å²) in [5.41, 5.74) is -0.934. The number of nitro groups is 1. The van der Waals surface area contributed by atoms with Crippen LogP contribution in [0, 0.1) is 10.1 Å². The van der Waals surface area contributed by atoms with Gasteiger partial charge in [-0.05, 0) is 40.7 Å². The predicted octanol–water partition coefficient (Wildman–Crippen LogP) is 3.90. The van der Waals surface area contributed by atoms with Crippen molar-refractivity contribution in [2.45, 2.75) is 46.3 Å². The van der Waals surface area contributed by atoms with Crippen LogP contribution in [-0.4, -0.2) is 29.2 Å². The van der Waals surface area contributed by atoms with Crippen molar-refractivity contribution in [3.8, 4) is 11.5 Å². The van der Waals surface area contributed by atoms with E-state index in [1.54, 1.807) is 34.6 Å². The molecule has 0 aliphatic carbocycles. The Morgan fingerprint density at radius 1 is 1.33 bits per heavy atom. The van der Waals surface area contributed by atoms with Crippen molar-refractivity contribution in [1.29, 1.82) is 0 Å². The maximum absolute atomic E-state index is 12.4. The van der Waals surface area contributed by atoms with Crippen LogP contribution in [0.3, 0.4) is 0 Å². The maximum Gasteiger partial charge on any atom is 0.342 e. The standard InChI is InChI=1S/C17H23NO6/c1-7-10-22-14-12(16(19)24-17(4,5)6)8-9-13(18(20)21)15(14)23-11(2)3/h7-9,11H,1,10H2,2-6H3. The molecule has 7 nitrogen and oxygen atoms in total. The normalized spacial score (nSPS) is 11.1. The van der Waals surface area contributed by atoms with Crippen LogP contribution >= 0.6 is 0 Å². The molecule has 0 heterocycles. The van der Waals surface area contributed by atoms with Crippen molar-refractivity contribution < 1.29 is 23.9 Å². The predicted molar refractivity (Wildman–Crippen MR) is 89.7 cm³/mol. The van der Waals surface area contributed by atoms with Crippen LogP contribution in [0.2, 0.25) is 0 Å². The smallest absolute Gasteiger partial charge is 0.342 e. The zero-order valence-corrected chi connectivity index (χ0v) is 14.6. The highest BCUT2D eigenvalue weighted by atomic mass is 16.6. The Kier molecular flexibility index (Phi) is 6.34. The number of nitrogens with zero attached hydrogens (tertiary/aromatic N) is 1. The maximum atomic E-state index is 12.4. The Morgan fingerprint density at radius 3 is 2.42 bits per heavy atom. The average Bonchev–Trinajstić information content (AvgIpc) is 2.42. The van der Waals surface area contributed by atoms with E-state index < -0.39 is 16.5 Å². The van der Waals surface area contributed by atoms with Crippen molar-refractivity contribution >= 4 is 11.7 Å². The van der Waals surface area contributed by atoms with Crippen LogP contribution in [0.5, 0.6) is 11.5 Å². The van der Waals surface area contributed by atoms with Gasteiger partial charge in [0.2, 0.25) is 5.75 Å². The molecular formula is C17H23NO6. The first-order valence-corrected chi connectivity index (χ1v) is 7.52. The van der Waals surface area contributed by atoms with Gasteiger partial charge in [-0.25, -0.2) is 4.79 Å². The molecule has 0 saturated heterocycles. The van der Waals surface area contributed by atoms with Crippen molar-refractivity contribution in [3.05, 3.63) is 40.5 Å². The number of carbonyl (C=O) groups excluding carboxylic acids is 1. The topological polar surface area (TPSA) is 87.9 Å².